The Morgan fingerprint density at radius 3 is 2.50 bits per heavy atom. The molecule has 18 heavy (non-hydrogen) atoms. The van der Waals surface area contributed by atoms with E-state index in [1.807, 2.05) is 0 Å². The lowest BCUT2D eigenvalue weighted by molar-refractivity contribution is 0.259. The van der Waals surface area contributed by atoms with Gasteiger partial charge in [-0.15, -0.1) is 0 Å². The maximum absolute atomic E-state index is 13.5. The van der Waals surface area contributed by atoms with Crippen LogP contribution in [0.2, 0.25) is 0 Å². The van der Waals surface area contributed by atoms with E-state index in [-0.39, 0.29) is 19.0 Å². The molecule has 2 N–H and O–H groups in total. The first kappa shape index (κ1) is 12.4. The lowest BCUT2D eigenvalue weighted by Crippen LogP contribution is -2.04. The number of nitrogens with two attached hydrogens (primary N) is 1. The van der Waals surface area contributed by atoms with Crippen molar-refractivity contribution >= 4 is 0 Å². The molecule has 0 radical (unpaired) electrons. The van der Waals surface area contributed by atoms with Crippen molar-refractivity contribution in [3.63, 3.8) is 0 Å². The molecule has 0 saturated heterocycles. The molecule has 2 aromatic rings. The summed E-state index contributed by atoms with van der Waals surface area (Å²) in [5.74, 6) is -1.52. The Kier molecular flexibility index (Phi) is 3.52. The molecule has 96 valence electrons. The van der Waals surface area contributed by atoms with Crippen LogP contribution in [0.3, 0.4) is 0 Å². The molecule has 0 bridgehead atoms. The van der Waals surface area contributed by atoms with Crippen molar-refractivity contribution < 1.29 is 18.0 Å². The summed E-state index contributed by atoms with van der Waals surface area (Å²) in [7, 11) is 0. The Labute approximate surface area is 102 Å². The van der Waals surface area contributed by atoms with Crippen LogP contribution in [-0.2, 0) is 13.2 Å². The smallest absolute Gasteiger partial charge is 0.223 e. The highest BCUT2D eigenvalue weighted by atomic mass is 19.1. The molecule has 7 heteroatoms. The first-order valence-electron chi connectivity index (χ1n) is 5.20. The third-order valence-electron chi connectivity index (χ3n) is 2.21. The van der Waals surface area contributed by atoms with Gasteiger partial charge in [0.05, 0.1) is 0 Å². The first-order chi connectivity index (χ1) is 8.60. The summed E-state index contributed by atoms with van der Waals surface area (Å²) in [6.45, 7) is 1.49. The number of benzene rings is 1. The zero-order valence-corrected chi connectivity index (χ0v) is 9.61. The molecule has 0 aliphatic carbocycles. The van der Waals surface area contributed by atoms with E-state index in [4.69, 9.17) is 15.0 Å². The van der Waals surface area contributed by atoms with Gasteiger partial charge in [-0.25, -0.2) is 8.78 Å². The number of halogens is 2. The summed E-state index contributed by atoms with van der Waals surface area (Å²) >= 11 is 0. The summed E-state index contributed by atoms with van der Waals surface area (Å²) in [5.41, 5.74) is 5.65. The number of rotatable bonds is 4. The highest BCUT2D eigenvalue weighted by Gasteiger charge is 2.13. The van der Waals surface area contributed by atoms with Crippen LogP contribution in [0.4, 0.5) is 8.78 Å². The van der Waals surface area contributed by atoms with Crippen molar-refractivity contribution in [1.29, 1.82) is 0 Å². The van der Waals surface area contributed by atoms with Gasteiger partial charge in [-0.3, -0.25) is 0 Å². The largest absolute Gasteiger partial charge is 0.479 e. The molecular formula is C11H11F2N3O2. The molecule has 0 atom stereocenters. The lowest BCUT2D eigenvalue weighted by atomic mass is 10.2. The normalized spacial score (nSPS) is 10.7. The molecule has 0 unspecified atom stereocenters. The molecule has 0 saturated carbocycles. The number of ether oxygens (including phenoxy) is 1. The predicted molar refractivity (Wildman–Crippen MR) is 57.6 cm³/mol. The summed E-state index contributed by atoms with van der Waals surface area (Å²) in [6.07, 6.45) is 0. The Bertz CT molecular complexity index is 534. The van der Waals surface area contributed by atoms with Crippen molar-refractivity contribution in [2.24, 2.45) is 5.73 Å². The van der Waals surface area contributed by atoms with Crippen LogP contribution in [-0.4, -0.2) is 10.1 Å². The minimum Gasteiger partial charge on any atom is -0.479 e. The van der Waals surface area contributed by atoms with Crippen LogP contribution in [0, 0.1) is 18.6 Å². The minimum absolute atomic E-state index is 0.0537. The SMILES string of the molecule is Cc1nc(COc2c(F)cc(CN)cc2F)no1. The molecule has 0 aliphatic rings. The fourth-order valence-electron chi connectivity index (χ4n) is 1.40. The highest BCUT2D eigenvalue weighted by Crippen LogP contribution is 2.23. The van der Waals surface area contributed by atoms with Gasteiger partial charge in [0.2, 0.25) is 11.7 Å². The summed E-state index contributed by atoms with van der Waals surface area (Å²) in [4.78, 5) is 3.85. The van der Waals surface area contributed by atoms with Gasteiger partial charge in [0.15, 0.2) is 24.0 Å². The average molecular weight is 255 g/mol. The molecule has 1 aromatic heterocycles. The second-order valence-corrected chi connectivity index (χ2v) is 3.61. The topological polar surface area (TPSA) is 74.2 Å². The van der Waals surface area contributed by atoms with E-state index in [1.165, 1.54) is 0 Å². The summed E-state index contributed by atoms with van der Waals surface area (Å²) in [6, 6.07) is 2.25. The van der Waals surface area contributed by atoms with Crippen molar-refractivity contribution in [1.82, 2.24) is 10.1 Å². The van der Waals surface area contributed by atoms with Crippen LogP contribution >= 0.6 is 0 Å². The minimum atomic E-state index is -0.810. The van der Waals surface area contributed by atoms with Crippen LogP contribution in [0.5, 0.6) is 5.75 Å². The van der Waals surface area contributed by atoms with Crippen LogP contribution < -0.4 is 10.5 Å². The molecule has 1 aromatic carbocycles. The number of hydrogen-bond acceptors (Lipinski definition) is 5. The maximum atomic E-state index is 13.5. The molecular weight excluding hydrogens is 244 g/mol. The quantitative estimate of drug-likeness (QED) is 0.899. The van der Waals surface area contributed by atoms with Gasteiger partial charge >= 0.3 is 0 Å². The van der Waals surface area contributed by atoms with E-state index in [1.54, 1.807) is 6.92 Å². The highest BCUT2D eigenvalue weighted by molar-refractivity contribution is 5.31. The van der Waals surface area contributed by atoms with Crippen LogP contribution in [0.1, 0.15) is 17.3 Å². The number of nitrogens with zero attached hydrogens (tertiary/aromatic N) is 2. The molecule has 0 spiro atoms. The van der Waals surface area contributed by atoms with Gasteiger partial charge in [-0.05, 0) is 17.7 Å². The third kappa shape index (κ3) is 2.62. The average Bonchev–Trinajstić information content (AvgIpc) is 2.73. The van der Waals surface area contributed by atoms with E-state index >= 15 is 0 Å². The molecule has 0 aliphatic heterocycles. The van der Waals surface area contributed by atoms with Crippen molar-refractivity contribution in [3.05, 3.63) is 41.0 Å². The fourth-order valence-corrected chi connectivity index (χ4v) is 1.40. The second-order valence-electron chi connectivity index (χ2n) is 3.61. The van der Waals surface area contributed by atoms with E-state index in [0.29, 0.717) is 11.5 Å². The van der Waals surface area contributed by atoms with Gasteiger partial charge in [0, 0.05) is 13.5 Å². The van der Waals surface area contributed by atoms with Crippen molar-refractivity contribution in [3.8, 4) is 5.75 Å². The first-order valence-corrected chi connectivity index (χ1v) is 5.20. The monoisotopic (exact) mass is 255 g/mol. The van der Waals surface area contributed by atoms with Crippen LogP contribution in [0.25, 0.3) is 0 Å². The Morgan fingerprint density at radius 2 is 2.00 bits per heavy atom. The second kappa shape index (κ2) is 5.09. The molecule has 0 fully saturated rings. The standard InChI is InChI=1S/C11H11F2N3O2/c1-6-15-10(16-18-6)5-17-11-8(12)2-7(4-14)3-9(11)13/h2-3H,4-5,14H2,1H3. The molecule has 2 rings (SSSR count). The Balaban J connectivity index is 2.14. The van der Waals surface area contributed by atoms with Gasteiger partial charge < -0.3 is 15.0 Å². The Morgan fingerprint density at radius 1 is 1.33 bits per heavy atom. The van der Waals surface area contributed by atoms with Crippen LogP contribution in [0.15, 0.2) is 16.7 Å². The maximum Gasteiger partial charge on any atom is 0.223 e. The van der Waals surface area contributed by atoms with Gasteiger partial charge in [0.25, 0.3) is 0 Å². The molecule has 1 heterocycles. The van der Waals surface area contributed by atoms with E-state index < -0.39 is 17.4 Å². The van der Waals surface area contributed by atoms with Gasteiger partial charge in [0.1, 0.15) is 0 Å². The van der Waals surface area contributed by atoms with Gasteiger partial charge in [-0.1, -0.05) is 5.16 Å². The lowest BCUT2D eigenvalue weighted by Gasteiger charge is -2.07. The number of aromatic nitrogens is 2. The third-order valence-corrected chi connectivity index (χ3v) is 2.21. The van der Waals surface area contributed by atoms with Crippen molar-refractivity contribution in [2.45, 2.75) is 20.1 Å². The zero-order chi connectivity index (χ0) is 13.1. The fraction of sp³-hybridized carbons (Fsp3) is 0.273. The molecule has 0 amide bonds. The number of hydrogen-bond donors (Lipinski definition) is 1. The summed E-state index contributed by atoms with van der Waals surface area (Å²) < 4.78 is 36.7. The van der Waals surface area contributed by atoms with E-state index in [2.05, 4.69) is 10.1 Å². The van der Waals surface area contributed by atoms with E-state index in [0.717, 1.165) is 12.1 Å². The number of aryl methyl sites for hydroxylation is 1. The predicted octanol–water partition coefficient (Wildman–Crippen LogP) is 1.69. The summed E-state index contributed by atoms with van der Waals surface area (Å²) in [5, 5.41) is 3.55. The van der Waals surface area contributed by atoms with Gasteiger partial charge in [-0.2, -0.15) is 4.98 Å². The van der Waals surface area contributed by atoms with E-state index in [9.17, 15) is 8.78 Å². The Hall–Kier alpha value is -2.02. The van der Waals surface area contributed by atoms with Crippen molar-refractivity contribution in [2.75, 3.05) is 0 Å². The molecule has 5 nitrogen and oxygen atoms in total. The zero-order valence-electron chi connectivity index (χ0n) is 9.61.